The molecule has 3 N–H and O–H groups in total. The zero-order chi connectivity index (χ0) is 13.0. The number of hydrogen-bond acceptors (Lipinski definition) is 3. The van der Waals surface area contributed by atoms with Gasteiger partial charge in [0, 0.05) is 32.1 Å². The van der Waals surface area contributed by atoms with Crippen LogP contribution in [0.1, 0.15) is 32.1 Å². The van der Waals surface area contributed by atoms with Crippen molar-refractivity contribution in [1.82, 2.24) is 9.80 Å². The average molecular weight is 254 g/mol. The Labute approximate surface area is 107 Å². The van der Waals surface area contributed by atoms with Crippen LogP contribution >= 0.6 is 0 Å². The van der Waals surface area contributed by atoms with Crippen molar-refractivity contribution in [2.45, 2.75) is 32.1 Å². The van der Waals surface area contributed by atoms with E-state index in [2.05, 4.69) is 5.16 Å². The van der Waals surface area contributed by atoms with E-state index in [4.69, 9.17) is 10.9 Å². The Kier molecular flexibility index (Phi) is 4.28. The Morgan fingerprint density at radius 3 is 2.44 bits per heavy atom. The van der Waals surface area contributed by atoms with Crippen LogP contribution < -0.4 is 5.73 Å². The summed E-state index contributed by atoms with van der Waals surface area (Å²) < 4.78 is 0. The predicted molar refractivity (Wildman–Crippen MR) is 68.5 cm³/mol. The van der Waals surface area contributed by atoms with Gasteiger partial charge < -0.3 is 20.7 Å². The standard InChI is InChI=1S/C12H22N4O2/c13-11(14-18)10-5-4-8-16(9-10)12(17)15-6-2-1-3-7-15/h10,18H,1-9H2,(H2,13,14). The monoisotopic (exact) mass is 254 g/mol. The van der Waals surface area contributed by atoms with Crippen molar-refractivity contribution in [3.05, 3.63) is 0 Å². The zero-order valence-electron chi connectivity index (χ0n) is 10.7. The van der Waals surface area contributed by atoms with Gasteiger partial charge >= 0.3 is 6.03 Å². The average Bonchev–Trinajstić information content (AvgIpc) is 2.46. The van der Waals surface area contributed by atoms with Gasteiger partial charge in [-0.2, -0.15) is 0 Å². The number of urea groups is 1. The Balaban J connectivity index is 1.93. The third-order valence-electron chi connectivity index (χ3n) is 3.85. The van der Waals surface area contributed by atoms with E-state index in [1.54, 1.807) is 0 Å². The van der Waals surface area contributed by atoms with Gasteiger partial charge in [0.15, 0.2) is 0 Å². The van der Waals surface area contributed by atoms with Crippen LogP contribution in [0.2, 0.25) is 0 Å². The SMILES string of the molecule is NC(=NO)C1CCCN(C(=O)N2CCCCC2)C1. The summed E-state index contributed by atoms with van der Waals surface area (Å²) in [5.41, 5.74) is 5.64. The quantitative estimate of drug-likeness (QED) is 0.317. The lowest BCUT2D eigenvalue weighted by atomic mass is 9.97. The molecule has 0 aromatic heterocycles. The van der Waals surface area contributed by atoms with Crippen molar-refractivity contribution in [2.75, 3.05) is 26.2 Å². The zero-order valence-corrected chi connectivity index (χ0v) is 10.7. The molecule has 1 unspecified atom stereocenters. The molecule has 2 heterocycles. The fourth-order valence-corrected chi connectivity index (χ4v) is 2.76. The first-order valence-corrected chi connectivity index (χ1v) is 6.73. The summed E-state index contributed by atoms with van der Waals surface area (Å²) in [7, 11) is 0. The van der Waals surface area contributed by atoms with Gasteiger partial charge in [-0.3, -0.25) is 0 Å². The second-order valence-corrected chi connectivity index (χ2v) is 5.14. The summed E-state index contributed by atoms with van der Waals surface area (Å²) in [4.78, 5) is 16.1. The van der Waals surface area contributed by atoms with Crippen molar-refractivity contribution in [3.63, 3.8) is 0 Å². The molecule has 1 atom stereocenters. The largest absolute Gasteiger partial charge is 0.409 e. The van der Waals surface area contributed by atoms with Gasteiger partial charge in [0.1, 0.15) is 5.84 Å². The first-order valence-electron chi connectivity index (χ1n) is 6.73. The van der Waals surface area contributed by atoms with E-state index in [1.165, 1.54) is 6.42 Å². The lowest BCUT2D eigenvalue weighted by molar-refractivity contribution is 0.128. The van der Waals surface area contributed by atoms with Crippen molar-refractivity contribution in [2.24, 2.45) is 16.8 Å². The Morgan fingerprint density at radius 1 is 1.11 bits per heavy atom. The van der Waals surface area contributed by atoms with E-state index in [-0.39, 0.29) is 17.8 Å². The molecule has 2 aliphatic rings. The summed E-state index contributed by atoms with van der Waals surface area (Å²) in [6.45, 7) is 3.09. The second kappa shape index (κ2) is 5.93. The topological polar surface area (TPSA) is 82.2 Å². The van der Waals surface area contributed by atoms with Crippen LogP contribution in [-0.2, 0) is 0 Å². The number of hydrogen-bond donors (Lipinski definition) is 2. The molecule has 0 aliphatic carbocycles. The normalized spacial score (nSPS) is 26.2. The number of piperidine rings is 2. The number of amides is 2. The molecule has 2 aliphatic heterocycles. The summed E-state index contributed by atoms with van der Waals surface area (Å²) >= 11 is 0. The van der Waals surface area contributed by atoms with E-state index >= 15 is 0 Å². The van der Waals surface area contributed by atoms with Crippen molar-refractivity contribution in [1.29, 1.82) is 0 Å². The predicted octanol–water partition coefficient (Wildman–Crippen LogP) is 1.05. The minimum atomic E-state index is -0.00232. The number of oxime groups is 1. The number of rotatable bonds is 1. The third kappa shape index (κ3) is 2.86. The molecule has 2 fully saturated rings. The number of amidine groups is 1. The molecular weight excluding hydrogens is 232 g/mol. The molecule has 0 bridgehead atoms. The van der Waals surface area contributed by atoms with Crippen molar-refractivity contribution < 1.29 is 10.0 Å². The van der Waals surface area contributed by atoms with Gasteiger partial charge in [0.2, 0.25) is 0 Å². The molecule has 18 heavy (non-hydrogen) atoms. The second-order valence-electron chi connectivity index (χ2n) is 5.14. The van der Waals surface area contributed by atoms with Crippen LogP contribution in [0.15, 0.2) is 5.16 Å². The fourth-order valence-electron chi connectivity index (χ4n) is 2.76. The van der Waals surface area contributed by atoms with Gasteiger partial charge in [-0.05, 0) is 32.1 Å². The maximum atomic E-state index is 12.3. The van der Waals surface area contributed by atoms with E-state index in [0.29, 0.717) is 6.54 Å². The highest BCUT2D eigenvalue weighted by molar-refractivity contribution is 5.83. The van der Waals surface area contributed by atoms with Crippen LogP contribution in [0.4, 0.5) is 4.79 Å². The molecule has 2 saturated heterocycles. The first kappa shape index (κ1) is 13.0. The number of likely N-dealkylation sites (tertiary alicyclic amines) is 2. The highest BCUT2D eigenvalue weighted by Crippen LogP contribution is 2.19. The minimum Gasteiger partial charge on any atom is -0.409 e. The molecule has 0 aromatic rings. The third-order valence-corrected chi connectivity index (χ3v) is 3.85. The summed E-state index contributed by atoms with van der Waals surface area (Å²) in [5, 5.41) is 11.8. The summed E-state index contributed by atoms with van der Waals surface area (Å²) in [6, 6.07) is 0.116. The Bertz CT molecular complexity index is 326. The molecule has 6 nitrogen and oxygen atoms in total. The summed E-state index contributed by atoms with van der Waals surface area (Å²) in [5.74, 6) is 0.239. The van der Waals surface area contributed by atoms with Crippen LogP contribution in [0, 0.1) is 5.92 Å². The maximum absolute atomic E-state index is 12.3. The number of carbonyl (C=O) groups excluding carboxylic acids is 1. The number of nitrogens with two attached hydrogens (primary N) is 1. The Hall–Kier alpha value is -1.46. The van der Waals surface area contributed by atoms with Gasteiger partial charge in [-0.25, -0.2) is 4.79 Å². The summed E-state index contributed by atoms with van der Waals surface area (Å²) in [6.07, 6.45) is 5.23. The fraction of sp³-hybridized carbons (Fsp3) is 0.833. The van der Waals surface area contributed by atoms with Crippen LogP contribution in [0.5, 0.6) is 0 Å². The van der Waals surface area contributed by atoms with Gasteiger partial charge in [0.25, 0.3) is 0 Å². The van der Waals surface area contributed by atoms with Crippen LogP contribution in [0.3, 0.4) is 0 Å². The number of carbonyl (C=O) groups is 1. The molecule has 0 radical (unpaired) electrons. The molecule has 2 rings (SSSR count). The molecule has 6 heteroatoms. The minimum absolute atomic E-state index is 0.00232. The Morgan fingerprint density at radius 2 is 1.78 bits per heavy atom. The van der Waals surface area contributed by atoms with Crippen molar-refractivity contribution in [3.8, 4) is 0 Å². The lowest BCUT2D eigenvalue weighted by Crippen LogP contribution is -2.50. The van der Waals surface area contributed by atoms with Gasteiger partial charge in [0.05, 0.1) is 0 Å². The molecule has 0 aromatic carbocycles. The van der Waals surface area contributed by atoms with Crippen molar-refractivity contribution >= 4 is 11.9 Å². The highest BCUT2D eigenvalue weighted by atomic mass is 16.4. The van der Waals surface area contributed by atoms with E-state index in [0.717, 1.165) is 45.3 Å². The molecule has 2 amide bonds. The lowest BCUT2D eigenvalue weighted by Gasteiger charge is -2.37. The maximum Gasteiger partial charge on any atom is 0.320 e. The molecule has 0 spiro atoms. The van der Waals surface area contributed by atoms with Crippen LogP contribution in [0.25, 0.3) is 0 Å². The molecular formula is C12H22N4O2. The van der Waals surface area contributed by atoms with E-state index in [1.807, 2.05) is 9.80 Å². The van der Waals surface area contributed by atoms with E-state index < -0.39 is 0 Å². The molecule has 0 saturated carbocycles. The highest BCUT2D eigenvalue weighted by Gasteiger charge is 2.29. The van der Waals surface area contributed by atoms with E-state index in [9.17, 15) is 4.79 Å². The first-order chi connectivity index (χ1) is 8.72. The van der Waals surface area contributed by atoms with Gasteiger partial charge in [-0.15, -0.1) is 0 Å². The smallest absolute Gasteiger partial charge is 0.320 e. The van der Waals surface area contributed by atoms with Crippen LogP contribution in [-0.4, -0.2) is 53.1 Å². The van der Waals surface area contributed by atoms with Gasteiger partial charge in [-0.1, -0.05) is 5.16 Å². The molecule has 102 valence electrons. The number of nitrogens with zero attached hydrogens (tertiary/aromatic N) is 3.